The summed E-state index contributed by atoms with van der Waals surface area (Å²) in [4.78, 5) is 20.5. The van der Waals surface area contributed by atoms with Crippen molar-refractivity contribution in [1.29, 1.82) is 0 Å². The van der Waals surface area contributed by atoms with Crippen LogP contribution in [-0.4, -0.2) is 67.6 Å². The Balaban J connectivity index is 1.37. The van der Waals surface area contributed by atoms with E-state index in [1.807, 2.05) is 6.92 Å². The Morgan fingerprint density at radius 2 is 1.76 bits per heavy atom. The van der Waals surface area contributed by atoms with Crippen molar-refractivity contribution in [2.45, 2.75) is 62.8 Å². The van der Waals surface area contributed by atoms with Crippen LogP contribution in [0.3, 0.4) is 0 Å². The summed E-state index contributed by atoms with van der Waals surface area (Å²) in [6.45, 7) is 3.11. The number of carbonyl (C=O) groups is 1. The Kier molecular flexibility index (Phi) is 7.41. The first kappa shape index (κ1) is 26.9. The zero-order chi connectivity index (χ0) is 27.0. The number of nitrogens with zero attached hydrogens (tertiary/aromatic N) is 2. The van der Waals surface area contributed by atoms with Gasteiger partial charge in [0.25, 0.3) is 5.91 Å². The molecule has 0 radical (unpaired) electrons. The van der Waals surface area contributed by atoms with Gasteiger partial charge < -0.3 is 25.7 Å². The van der Waals surface area contributed by atoms with Crippen molar-refractivity contribution >= 4 is 33.1 Å². The summed E-state index contributed by atoms with van der Waals surface area (Å²) in [5.74, 6) is 0.749. The average Bonchev–Trinajstić information content (AvgIpc) is 3.65. The molecule has 0 bridgehead atoms. The smallest absolute Gasteiger partial charge is 0.259 e. The van der Waals surface area contributed by atoms with E-state index in [0.29, 0.717) is 28.3 Å². The SMILES string of the molecule is CC1(CS(=O)(=O)c2cccc(NC(=O)c3ccc(NC(CO)CO)nc3N3CCC4(CC3)CC4)c2)CCC1. The molecule has 3 aliphatic rings. The molecule has 1 amide bonds. The topological polar surface area (TPSA) is 132 Å². The van der Waals surface area contributed by atoms with E-state index in [-0.39, 0.29) is 35.2 Å². The Morgan fingerprint density at radius 1 is 1.05 bits per heavy atom. The number of anilines is 3. The van der Waals surface area contributed by atoms with Gasteiger partial charge in [-0.2, -0.15) is 0 Å². The van der Waals surface area contributed by atoms with E-state index in [2.05, 4.69) is 15.5 Å². The largest absolute Gasteiger partial charge is 0.394 e. The summed E-state index contributed by atoms with van der Waals surface area (Å²) < 4.78 is 26.1. The van der Waals surface area contributed by atoms with Crippen LogP contribution in [0.15, 0.2) is 41.3 Å². The number of amides is 1. The van der Waals surface area contributed by atoms with Gasteiger partial charge in [-0.15, -0.1) is 0 Å². The van der Waals surface area contributed by atoms with Crippen LogP contribution in [0.1, 0.15) is 62.2 Å². The maximum absolute atomic E-state index is 13.5. The number of aliphatic hydroxyl groups is 2. The number of hydrogen-bond acceptors (Lipinski definition) is 8. The Bertz CT molecular complexity index is 1280. The molecule has 0 unspecified atom stereocenters. The number of carbonyl (C=O) groups excluding carboxylic acids is 1. The molecule has 2 heterocycles. The number of piperidine rings is 1. The molecule has 1 aromatic carbocycles. The lowest BCUT2D eigenvalue weighted by molar-refractivity contribution is 0.102. The van der Waals surface area contributed by atoms with Crippen molar-refractivity contribution in [3.8, 4) is 0 Å². The normalized spacial score (nSPS) is 19.7. The molecule has 1 saturated heterocycles. The highest BCUT2D eigenvalue weighted by Crippen LogP contribution is 2.54. The van der Waals surface area contributed by atoms with E-state index in [9.17, 15) is 23.4 Å². The summed E-state index contributed by atoms with van der Waals surface area (Å²) in [6, 6.07) is 9.24. The first-order chi connectivity index (χ1) is 18.1. The molecule has 2 aromatic rings. The van der Waals surface area contributed by atoms with Gasteiger partial charge in [-0.25, -0.2) is 13.4 Å². The van der Waals surface area contributed by atoms with Crippen molar-refractivity contribution in [2.24, 2.45) is 10.8 Å². The quantitative estimate of drug-likeness (QED) is 0.359. The van der Waals surface area contributed by atoms with Gasteiger partial charge in [0.15, 0.2) is 9.84 Å². The third kappa shape index (κ3) is 5.82. The Morgan fingerprint density at radius 3 is 2.37 bits per heavy atom. The zero-order valence-corrected chi connectivity index (χ0v) is 22.8. The highest BCUT2D eigenvalue weighted by molar-refractivity contribution is 7.91. The molecular formula is C28H38N4O5S. The highest BCUT2D eigenvalue weighted by Gasteiger charge is 2.45. The minimum atomic E-state index is -3.48. The van der Waals surface area contributed by atoms with Crippen molar-refractivity contribution in [3.63, 3.8) is 0 Å². The summed E-state index contributed by atoms with van der Waals surface area (Å²) in [5, 5.41) is 24.8. The van der Waals surface area contributed by atoms with Gasteiger partial charge >= 0.3 is 0 Å². The minimum Gasteiger partial charge on any atom is -0.394 e. The van der Waals surface area contributed by atoms with Gasteiger partial charge in [-0.3, -0.25) is 4.79 Å². The average molecular weight is 543 g/mol. The van der Waals surface area contributed by atoms with E-state index in [0.717, 1.165) is 45.2 Å². The second-order valence-electron chi connectivity index (χ2n) is 11.7. The molecule has 1 aliphatic heterocycles. The van der Waals surface area contributed by atoms with Crippen molar-refractivity contribution < 1.29 is 23.4 Å². The molecule has 10 heteroatoms. The van der Waals surface area contributed by atoms with Crippen molar-refractivity contribution in [1.82, 2.24) is 4.98 Å². The van der Waals surface area contributed by atoms with E-state index < -0.39 is 15.9 Å². The lowest BCUT2D eigenvalue weighted by atomic mass is 9.72. The molecule has 2 saturated carbocycles. The van der Waals surface area contributed by atoms with Crippen LogP contribution in [0.4, 0.5) is 17.3 Å². The lowest BCUT2D eigenvalue weighted by Crippen LogP contribution is -2.37. The van der Waals surface area contributed by atoms with Crippen LogP contribution in [0, 0.1) is 10.8 Å². The molecule has 4 N–H and O–H groups in total. The maximum Gasteiger partial charge on any atom is 0.259 e. The number of nitrogens with one attached hydrogen (secondary N) is 2. The number of rotatable bonds is 10. The third-order valence-electron chi connectivity index (χ3n) is 8.54. The van der Waals surface area contributed by atoms with Crippen LogP contribution >= 0.6 is 0 Å². The van der Waals surface area contributed by atoms with E-state index >= 15 is 0 Å². The van der Waals surface area contributed by atoms with Crippen LogP contribution in [0.25, 0.3) is 0 Å². The van der Waals surface area contributed by atoms with Gasteiger partial charge in [0, 0.05) is 18.8 Å². The van der Waals surface area contributed by atoms with Gasteiger partial charge in [-0.1, -0.05) is 19.4 Å². The fraction of sp³-hybridized carbons (Fsp3) is 0.571. The van der Waals surface area contributed by atoms with Gasteiger partial charge in [-0.05, 0) is 79.7 Å². The fourth-order valence-corrected chi connectivity index (χ4v) is 7.57. The molecule has 1 spiro atoms. The second-order valence-corrected chi connectivity index (χ2v) is 13.7. The predicted octanol–water partition coefficient (Wildman–Crippen LogP) is 3.44. The monoisotopic (exact) mass is 542 g/mol. The zero-order valence-electron chi connectivity index (χ0n) is 21.9. The van der Waals surface area contributed by atoms with Gasteiger partial charge in [0.1, 0.15) is 11.6 Å². The molecule has 5 rings (SSSR count). The van der Waals surface area contributed by atoms with E-state index in [4.69, 9.17) is 4.98 Å². The van der Waals surface area contributed by atoms with Crippen molar-refractivity contribution in [2.75, 3.05) is 47.6 Å². The molecular weight excluding hydrogens is 504 g/mol. The lowest BCUT2D eigenvalue weighted by Gasteiger charge is -2.37. The molecule has 2 aliphatic carbocycles. The summed E-state index contributed by atoms with van der Waals surface area (Å²) in [6.07, 6.45) is 7.53. The van der Waals surface area contributed by atoms with Crippen molar-refractivity contribution in [3.05, 3.63) is 42.0 Å². The van der Waals surface area contributed by atoms with Crippen LogP contribution in [0.2, 0.25) is 0 Å². The van der Waals surface area contributed by atoms with E-state index in [1.54, 1.807) is 30.3 Å². The second kappa shape index (κ2) is 10.5. The van der Waals surface area contributed by atoms with Crippen LogP contribution in [-0.2, 0) is 9.84 Å². The molecule has 9 nitrogen and oxygen atoms in total. The summed E-state index contributed by atoms with van der Waals surface area (Å²) in [7, 11) is -3.48. The molecule has 0 atom stereocenters. The predicted molar refractivity (Wildman–Crippen MR) is 147 cm³/mol. The minimum absolute atomic E-state index is 0.110. The number of pyridine rings is 1. The van der Waals surface area contributed by atoms with Gasteiger partial charge in [0.05, 0.1) is 35.5 Å². The summed E-state index contributed by atoms with van der Waals surface area (Å²) in [5.41, 5.74) is 1.09. The maximum atomic E-state index is 13.5. The number of hydrogen-bond donors (Lipinski definition) is 4. The Hall–Kier alpha value is -2.69. The highest BCUT2D eigenvalue weighted by atomic mass is 32.2. The standard InChI is InChI=1S/C28H38N4O5S/c1-27(8-3-9-27)19-38(36,37)22-5-2-4-20(16-22)30-26(35)23-6-7-24(29-21(17-33)18-34)31-25(23)32-14-12-28(10-11-28)13-15-32/h2,4-7,16,21,33-34H,3,8-15,17-19H2,1H3,(H,29,31)(H,30,35). The van der Waals surface area contributed by atoms with Crippen LogP contribution < -0.4 is 15.5 Å². The molecule has 38 heavy (non-hydrogen) atoms. The molecule has 1 aromatic heterocycles. The first-order valence-corrected chi connectivity index (χ1v) is 15.2. The number of aromatic nitrogens is 1. The van der Waals surface area contributed by atoms with Crippen LogP contribution in [0.5, 0.6) is 0 Å². The molecule has 206 valence electrons. The third-order valence-corrected chi connectivity index (χ3v) is 10.6. The number of aliphatic hydroxyl groups excluding tert-OH is 2. The number of benzene rings is 1. The fourth-order valence-electron chi connectivity index (χ4n) is 5.61. The molecule has 3 fully saturated rings. The summed E-state index contributed by atoms with van der Waals surface area (Å²) >= 11 is 0. The van der Waals surface area contributed by atoms with E-state index in [1.165, 1.54) is 18.9 Å². The Labute approximate surface area is 224 Å². The first-order valence-electron chi connectivity index (χ1n) is 13.5. The number of sulfone groups is 1. The van der Waals surface area contributed by atoms with Gasteiger partial charge in [0.2, 0.25) is 0 Å².